The van der Waals surface area contributed by atoms with Crippen LogP contribution < -0.4 is 0 Å². The fraction of sp³-hybridized carbons (Fsp3) is 0.955. The zero-order valence-electron chi connectivity index (χ0n) is 16.6. The van der Waals surface area contributed by atoms with Gasteiger partial charge in [-0.25, -0.2) is 0 Å². The van der Waals surface area contributed by atoms with Gasteiger partial charge in [-0.1, -0.05) is 52.9 Å². The lowest BCUT2D eigenvalue weighted by Gasteiger charge is -2.31. The maximum Gasteiger partial charge on any atom is 0.309 e. The summed E-state index contributed by atoms with van der Waals surface area (Å²) in [7, 11) is 0. The van der Waals surface area contributed by atoms with Crippen LogP contribution in [0.2, 0.25) is 0 Å². The highest BCUT2D eigenvalue weighted by Gasteiger charge is 2.28. The van der Waals surface area contributed by atoms with Gasteiger partial charge in [0.2, 0.25) is 0 Å². The van der Waals surface area contributed by atoms with Crippen molar-refractivity contribution in [1.82, 2.24) is 0 Å². The van der Waals surface area contributed by atoms with E-state index in [9.17, 15) is 4.79 Å². The summed E-state index contributed by atoms with van der Waals surface area (Å²) in [5.74, 6) is 3.29. The van der Waals surface area contributed by atoms with Crippen LogP contribution in [0.5, 0.6) is 0 Å². The quantitative estimate of drug-likeness (QED) is 0.504. The average Bonchev–Trinajstić information content (AvgIpc) is 2.60. The molecule has 24 heavy (non-hydrogen) atoms. The Balaban J connectivity index is 1.66. The smallest absolute Gasteiger partial charge is 0.309 e. The zero-order chi connectivity index (χ0) is 17.5. The molecule has 2 heteroatoms. The minimum absolute atomic E-state index is 0.0496. The molecular formula is C22H40O2. The molecule has 0 aromatic heterocycles. The molecular weight excluding hydrogens is 296 g/mol. The largest absolute Gasteiger partial charge is 0.462 e. The lowest BCUT2D eigenvalue weighted by atomic mass is 9.75. The van der Waals surface area contributed by atoms with Crippen LogP contribution in [0.25, 0.3) is 0 Å². The molecule has 2 fully saturated rings. The molecule has 0 spiro atoms. The Morgan fingerprint density at radius 1 is 0.875 bits per heavy atom. The molecule has 0 amide bonds. The molecule has 2 saturated carbocycles. The van der Waals surface area contributed by atoms with Gasteiger partial charge in [-0.3, -0.25) is 4.79 Å². The Labute approximate surface area is 150 Å². The van der Waals surface area contributed by atoms with E-state index in [2.05, 4.69) is 27.7 Å². The highest BCUT2D eigenvalue weighted by Crippen LogP contribution is 2.35. The van der Waals surface area contributed by atoms with Gasteiger partial charge in [0.25, 0.3) is 0 Å². The summed E-state index contributed by atoms with van der Waals surface area (Å²) < 4.78 is 5.78. The SMILES string of the molecule is CC1CCC(C(C)CCC(C)OC(=O)C(C)C2CCCCC2)CC1. The maximum absolute atomic E-state index is 12.4. The minimum atomic E-state index is 0.0496. The second kappa shape index (κ2) is 9.82. The number of ether oxygens (including phenoxy) is 1. The van der Waals surface area contributed by atoms with Crippen molar-refractivity contribution in [2.24, 2.45) is 29.6 Å². The summed E-state index contributed by atoms with van der Waals surface area (Å²) in [5, 5.41) is 0. The van der Waals surface area contributed by atoms with Crippen molar-refractivity contribution in [3.63, 3.8) is 0 Å². The molecule has 2 aliphatic carbocycles. The van der Waals surface area contributed by atoms with Crippen LogP contribution in [-0.2, 0) is 9.53 Å². The summed E-state index contributed by atoms with van der Waals surface area (Å²) in [6.07, 6.45) is 14.2. The van der Waals surface area contributed by atoms with Gasteiger partial charge in [0.1, 0.15) is 0 Å². The standard InChI is InChI=1S/C22H40O2/c1-16-10-14-20(15-11-16)17(2)12-13-18(3)24-22(23)19(4)21-8-6-5-7-9-21/h16-21H,5-15H2,1-4H3. The van der Waals surface area contributed by atoms with Crippen molar-refractivity contribution in [2.45, 2.75) is 104 Å². The summed E-state index contributed by atoms with van der Waals surface area (Å²) in [4.78, 5) is 12.4. The Morgan fingerprint density at radius 2 is 1.50 bits per heavy atom. The van der Waals surface area contributed by atoms with E-state index in [1.807, 2.05) is 0 Å². The number of carbonyl (C=O) groups is 1. The van der Waals surface area contributed by atoms with Crippen molar-refractivity contribution >= 4 is 5.97 Å². The summed E-state index contributed by atoms with van der Waals surface area (Å²) in [6.45, 7) is 8.95. The van der Waals surface area contributed by atoms with E-state index in [1.165, 1.54) is 64.2 Å². The monoisotopic (exact) mass is 336 g/mol. The van der Waals surface area contributed by atoms with E-state index in [1.54, 1.807) is 0 Å². The van der Waals surface area contributed by atoms with Gasteiger partial charge in [0.15, 0.2) is 0 Å². The summed E-state index contributed by atoms with van der Waals surface area (Å²) in [5.41, 5.74) is 0. The normalized spacial score (nSPS) is 29.7. The van der Waals surface area contributed by atoms with E-state index in [0.717, 1.165) is 24.2 Å². The molecule has 0 saturated heterocycles. The van der Waals surface area contributed by atoms with Gasteiger partial charge >= 0.3 is 5.97 Å². The van der Waals surface area contributed by atoms with E-state index in [0.29, 0.717) is 5.92 Å². The first-order chi connectivity index (χ1) is 11.5. The first-order valence-electron chi connectivity index (χ1n) is 10.7. The number of hydrogen-bond donors (Lipinski definition) is 0. The Hall–Kier alpha value is -0.530. The van der Waals surface area contributed by atoms with Crippen LogP contribution in [0.15, 0.2) is 0 Å². The first-order valence-corrected chi connectivity index (χ1v) is 10.7. The summed E-state index contributed by atoms with van der Waals surface area (Å²) in [6, 6.07) is 0. The maximum atomic E-state index is 12.4. The molecule has 2 rings (SSSR count). The fourth-order valence-electron chi connectivity index (χ4n) is 4.78. The molecule has 0 aliphatic heterocycles. The van der Waals surface area contributed by atoms with Crippen molar-refractivity contribution in [3.8, 4) is 0 Å². The number of esters is 1. The van der Waals surface area contributed by atoms with Crippen molar-refractivity contribution in [1.29, 1.82) is 0 Å². The predicted octanol–water partition coefficient (Wildman–Crippen LogP) is 6.38. The predicted molar refractivity (Wildman–Crippen MR) is 101 cm³/mol. The van der Waals surface area contributed by atoms with E-state index >= 15 is 0 Å². The molecule has 0 N–H and O–H groups in total. The van der Waals surface area contributed by atoms with Gasteiger partial charge in [-0.15, -0.1) is 0 Å². The van der Waals surface area contributed by atoms with Crippen molar-refractivity contribution in [3.05, 3.63) is 0 Å². The average molecular weight is 337 g/mol. The van der Waals surface area contributed by atoms with Gasteiger partial charge in [0.05, 0.1) is 12.0 Å². The van der Waals surface area contributed by atoms with Crippen LogP contribution in [0.4, 0.5) is 0 Å². The molecule has 3 unspecified atom stereocenters. The Morgan fingerprint density at radius 3 is 2.12 bits per heavy atom. The third-order valence-electron chi connectivity index (χ3n) is 6.94. The third-order valence-corrected chi connectivity index (χ3v) is 6.94. The molecule has 0 heterocycles. The molecule has 0 radical (unpaired) electrons. The van der Waals surface area contributed by atoms with Gasteiger partial charge in [0, 0.05) is 0 Å². The molecule has 0 aromatic rings. The highest BCUT2D eigenvalue weighted by molar-refractivity contribution is 5.72. The van der Waals surface area contributed by atoms with Gasteiger partial charge in [-0.2, -0.15) is 0 Å². The molecule has 2 aliphatic rings. The first kappa shape index (κ1) is 19.8. The fourth-order valence-corrected chi connectivity index (χ4v) is 4.78. The number of hydrogen-bond acceptors (Lipinski definition) is 2. The zero-order valence-corrected chi connectivity index (χ0v) is 16.6. The van der Waals surface area contributed by atoms with Gasteiger partial charge < -0.3 is 4.74 Å². The molecule has 2 nitrogen and oxygen atoms in total. The number of rotatable bonds is 7. The summed E-state index contributed by atoms with van der Waals surface area (Å²) >= 11 is 0. The van der Waals surface area contributed by atoms with Crippen LogP contribution in [0.1, 0.15) is 98.3 Å². The number of carbonyl (C=O) groups excluding carboxylic acids is 1. The molecule has 3 atom stereocenters. The highest BCUT2D eigenvalue weighted by atomic mass is 16.5. The molecule has 140 valence electrons. The minimum Gasteiger partial charge on any atom is -0.462 e. The van der Waals surface area contributed by atoms with Crippen LogP contribution in [0.3, 0.4) is 0 Å². The van der Waals surface area contributed by atoms with Crippen molar-refractivity contribution in [2.75, 3.05) is 0 Å². The van der Waals surface area contributed by atoms with E-state index in [4.69, 9.17) is 4.74 Å². The molecule has 0 bridgehead atoms. The second-order valence-electron chi connectivity index (χ2n) is 9.01. The van der Waals surface area contributed by atoms with Gasteiger partial charge in [-0.05, 0) is 69.1 Å². The topological polar surface area (TPSA) is 26.3 Å². The lowest BCUT2D eigenvalue weighted by molar-refractivity contribution is -0.155. The van der Waals surface area contributed by atoms with E-state index < -0.39 is 0 Å². The van der Waals surface area contributed by atoms with E-state index in [-0.39, 0.29) is 18.0 Å². The van der Waals surface area contributed by atoms with Crippen LogP contribution in [-0.4, -0.2) is 12.1 Å². The van der Waals surface area contributed by atoms with Crippen LogP contribution >= 0.6 is 0 Å². The molecule has 0 aromatic carbocycles. The Kier molecular flexibility index (Phi) is 8.10. The van der Waals surface area contributed by atoms with Crippen molar-refractivity contribution < 1.29 is 9.53 Å². The lowest BCUT2D eigenvalue weighted by Crippen LogP contribution is -2.28. The van der Waals surface area contributed by atoms with Crippen LogP contribution in [0, 0.1) is 29.6 Å². The Bertz CT molecular complexity index is 364. The second-order valence-corrected chi connectivity index (χ2v) is 9.01. The third kappa shape index (κ3) is 6.08.